The first-order valence-corrected chi connectivity index (χ1v) is 10.2. The highest BCUT2D eigenvalue weighted by molar-refractivity contribution is 7.09. The second-order valence-electron chi connectivity index (χ2n) is 6.82. The topological polar surface area (TPSA) is 47.5 Å². The van der Waals surface area contributed by atoms with Gasteiger partial charge in [-0.1, -0.05) is 0 Å². The Kier molecular flexibility index (Phi) is 4.70. The van der Waals surface area contributed by atoms with Gasteiger partial charge in [0.05, 0.1) is 40.2 Å². The van der Waals surface area contributed by atoms with Crippen molar-refractivity contribution >= 4 is 22.7 Å². The summed E-state index contributed by atoms with van der Waals surface area (Å²) in [6, 6.07) is 0. The van der Waals surface area contributed by atoms with Gasteiger partial charge in [-0.15, -0.1) is 22.7 Å². The Bertz CT molecular complexity index is 694. The molecule has 0 radical (unpaired) electrons. The fourth-order valence-electron chi connectivity index (χ4n) is 3.58. The molecule has 4 rings (SSSR count). The highest BCUT2D eigenvalue weighted by atomic mass is 32.1. The average molecular weight is 366 g/mol. The largest absolute Gasteiger partial charge is 0.372 e. The SMILES string of the molecule is Cc1nc(CO[C@H]2CCOC3(C2)CN(Cc2scnc2C)C3)cs1. The van der Waals surface area contributed by atoms with Gasteiger partial charge >= 0.3 is 0 Å². The van der Waals surface area contributed by atoms with Crippen LogP contribution in [0.2, 0.25) is 0 Å². The van der Waals surface area contributed by atoms with Crippen molar-refractivity contribution in [2.24, 2.45) is 0 Å². The van der Waals surface area contributed by atoms with E-state index in [-0.39, 0.29) is 11.7 Å². The average Bonchev–Trinajstić information content (AvgIpc) is 3.13. The minimum Gasteiger partial charge on any atom is -0.372 e. The van der Waals surface area contributed by atoms with Crippen molar-refractivity contribution in [3.63, 3.8) is 0 Å². The molecule has 0 saturated carbocycles. The maximum Gasteiger partial charge on any atom is 0.0959 e. The van der Waals surface area contributed by atoms with E-state index < -0.39 is 0 Å². The molecule has 2 aliphatic rings. The third kappa shape index (κ3) is 3.55. The Morgan fingerprint density at radius 1 is 1.38 bits per heavy atom. The summed E-state index contributed by atoms with van der Waals surface area (Å²) >= 11 is 3.43. The van der Waals surface area contributed by atoms with Gasteiger partial charge in [0.25, 0.3) is 0 Å². The number of hydrogen-bond acceptors (Lipinski definition) is 7. The number of hydrogen-bond donors (Lipinski definition) is 0. The van der Waals surface area contributed by atoms with Crippen LogP contribution in [-0.4, -0.2) is 46.3 Å². The Hall–Kier alpha value is -0.860. The molecule has 2 aliphatic heterocycles. The summed E-state index contributed by atoms with van der Waals surface area (Å²) in [6.45, 7) is 8.53. The predicted molar refractivity (Wildman–Crippen MR) is 95.5 cm³/mol. The summed E-state index contributed by atoms with van der Waals surface area (Å²) in [4.78, 5) is 12.6. The molecule has 0 N–H and O–H groups in total. The molecule has 2 aromatic heterocycles. The zero-order valence-corrected chi connectivity index (χ0v) is 15.8. The minimum absolute atomic E-state index is 0.000495. The molecule has 0 bridgehead atoms. The fraction of sp³-hybridized carbons (Fsp3) is 0.647. The molecule has 24 heavy (non-hydrogen) atoms. The fourth-order valence-corrected chi connectivity index (χ4v) is 5.00. The van der Waals surface area contributed by atoms with Crippen LogP contribution < -0.4 is 0 Å². The third-order valence-electron chi connectivity index (χ3n) is 4.82. The Morgan fingerprint density at radius 2 is 2.25 bits per heavy atom. The van der Waals surface area contributed by atoms with Crippen LogP contribution >= 0.6 is 22.7 Å². The Morgan fingerprint density at radius 3 is 2.96 bits per heavy atom. The molecule has 130 valence electrons. The van der Waals surface area contributed by atoms with Crippen LogP contribution in [0.1, 0.15) is 34.1 Å². The number of rotatable bonds is 5. The Labute approximate surface area is 150 Å². The zero-order valence-electron chi connectivity index (χ0n) is 14.2. The number of aromatic nitrogens is 2. The molecular formula is C17H23N3O2S2. The van der Waals surface area contributed by atoms with Crippen molar-refractivity contribution in [2.75, 3.05) is 19.7 Å². The lowest BCUT2D eigenvalue weighted by molar-refractivity contribution is -0.200. The molecule has 7 heteroatoms. The summed E-state index contributed by atoms with van der Waals surface area (Å²) in [6.07, 6.45) is 2.26. The second-order valence-corrected chi connectivity index (χ2v) is 8.82. The van der Waals surface area contributed by atoms with Gasteiger partial charge in [-0.2, -0.15) is 0 Å². The molecule has 2 saturated heterocycles. The van der Waals surface area contributed by atoms with E-state index in [1.807, 2.05) is 12.4 Å². The molecule has 0 unspecified atom stereocenters. The van der Waals surface area contributed by atoms with E-state index in [0.29, 0.717) is 6.61 Å². The molecule has 2 aromatic rings. The van der Waals surface area contributed by atoms with Crippen LogP contribution in [0, 0.1) is 13.8 Å². The first kappa shape index (κ1) is 16.6. The van der Waals surface area contributed by atoms with Crippen LogP contribution in [0.5, 0.6) is 0 Å². The van der Waals surface area contributed by atoms with Crippen molar-refractivity contribution in [1.29, 1.82) is 0 Å². The van der Waals surface area contributed by atoms with Crippen molar-refractivity contribution in [2.45, 2.75) is 51.5 Å². The lowest BCUT2D eigenvalue weighted by Crippen LogP contribution is -2.65. The van der Waals surface area contributed by atoms with Crippen molar-refractivity contribution in [3.05, 3.63) is 32.2 Å². The second kappa shape index (κ2) is 6.80. The lowest BCUT2D eigenvalue weighted by Gasteiger charge is -2.53. The maximum absolute atomic E-state index is 6.12. The number of ether oxygens (including phenoxy) is 2. The van der Waals surface area contributed by atoms with Gasteiger partial charge in [-0.25, -0.2) is 9.97 Å². The van der Waals surface area contributed by atoms with Crippen LogP contribution in [0.15, 0.2) is 10.9 Å². The summed E-state index contributed by atoms with van der Waals surface area (Å²) in [5.41, 5.74) is 4.14. The molecule has 5 nitrogen and oxygen atoms in total. The van der Waals surface area contributed by atoms with Gasteiger partial charge in [0, 0.05) is 42.9 Å². The van der Waals surface area contributed by atoms with Gasteiger partial charge in [0.2, 0.25) is 0 Å². The van der Waals surface area contributed by atoms with Crippen LogP contribution in [-0.2, 0) is 22.6 Å². The molecule has 1 spiro atoms. The standard InChI is InChI=1S/C17H23N3O2S2/c1-12-16(24-11-18-12)6-20-9-17(10-20)5-15(3-4-22-17)21-7-14-8-23-13(2)19-14/h8,11,15H,3-7,9-10H2,1-2H3/t15-/m0/s1. The number of thiazole rings is 2. The smallest absolute Gasteiger partial charge is 0.0959 e. The first-order chi connectivity index (χ1) is 11.6. The summed E-state index contributed by atoms with van der Waals surface area (Å²) in [5.74, 6) is 0. The number of nitrogens with zero attached hydrogens (tertiary/aromatic N) is 3. The highest BCUT2D eigenvalue weighted by Gasteiger charge is 2.47. The van der Waals surface area contributed by atoms with Crippen LogP contribution in [0.25, 0.3) is 0 Å². The van der Waals surface area contributed by atoms with Gasteiger partial charge in [0.1, 0.15) is 0 Å². The summed E-state index contributed by atoms with van der Waals surface area (Å²) in [5, 5.41) is 3.19. The van der Waals surface area contributed by atoms with Crippen LogP contribution in [0.3, 0.4) is 0 Å². The molecule has 2 fully saturated rings. The van der Waals surface area contributed by atoms with E-state index in [9.17, 15) is 0 Å². The van der Waals surface area contributed by atoms with E-state index >= 15 is 0 Å². The predicted octanol–water partition coefficient (Wildman–Crippen LogP) is 3.17. The maximum atomic E-state index is 6.12. The van der Waals surface area contributed by atoms with Gasteiger partial charge in [0.15, 0.2) is 0 Å². The molecule has 0 amide bonds. The van der Waals surface area contributed by atoms with Gasteiger partial charge in [-0.3, -0.25) is 4.90 Å². The van der Waals surface area contributed by atoms with Crippen molar-refractivity contribution < 1.29 is 9.47 Å². The molecule has 0 aromatic carbocycles. The highest BCUT2D eigenvalue weighted by Crippen LogP contribution is 2.36. The summed E-state index contributed by atoms with van der Waals surface area (Å²) < 4.78 is 12.2. The number of likely N-dealkylation sites (tertiary alicyclic amines) is 1. The van der Waals surface area contributed by atoms with Crippen LogP contribution in [0.4, 0.5) is 0 Å². The zero-order chi connectivity index (χ0) is 16.6. The normalized spacial score (nSPS) is 23.5. The van der Waals surface area contributed by atoms with Gasteiger partial charge in [-0.05, 0) is 20.3 Å². The molecule has 4 heterocycles. The lowest BCUT2D eigenvalue weighted by atomic mass is 9.84. The number of aryl methyl sites for hydroxylation is 2. The van der Waals surface area contributed by atoms with Gasteiger partial charge < -0.3 is 9.47 Å². The first-order valence-electron chi connectivity index (χ1n) is 8.40. The van der Waals surface area contributed by atoms with E-state index in [4.69, 9.17) is 9.47 Å². The third-order valence-corrected chi connectivity index (χ3v) is 6.56. The Balaban J connectivity index is 1.27. The molecule has 0 aliphatic carbocycles. The van der Waals surface area contributed by atoms with E-state index in [1.165, 1.54) is 4.88 Å². The summed E-state index contributed by atoms with van der Waals surface area (Å²) in [7, 11) is 0. The quantitative estimate of drug-likeness (QED) is 0.814. The monoisotopic (exact) mass is 365 g/mol. The van der Waals surface area contributed by atoms with E-state index in [0.717, 1.165) is 55.5 Å². The van der Waals surface area contributed by atoms with E-state index in [1.54, 1.807) is 22.7 Å². The minimum atomic E-state index is -0.000495. The van der Waals surface area contributed by atoms with E-state index in [2.05, 4.69) is 27.2 Å². The molecule has 1 atom stereocenters. The molecular weight excluding hydrogens is 342 g/mol. The van der Waals surface area contributed by atoms with Crippen molar-refractivity contribution in [1.82, 2.24) is 14.9 Å². The van der Waals surface area contributed by atoms with Crippen molar-refractivity contribution in [3.8, 4) is 0 Å².